The van der Waals surface area contributed by atoms with E-state index in [1.54, 1.807) is 17.5 Å². The van der Waals surface area contributed by atoms with Crippen LogP contribution in [0.1, 0.15) is 34.2 Å². The topological polar surface area (TPSA) is 65.7 Å². The second-order valence-corrected chi connectivity index (χ2v) is 7.08. The highest BCUT2D eigenvalue weighted by molar-refractivity contribution is 5.90. The van der Waals surface area contributed by atoms with E-state index in [0.29, 0.717) is 17.3 Å². The van der Waals surface area contributed by atoms with Gasteiger partial charge in [0.1, 0.15) is 5.75 Å². The molecule has 0 unspecified atom stereocenters. The molecule has 0 aliphatic heterocycles. The lowest BCUT2D eigenvalue weighted by Gasteiger charge is -2.11. The molecule has 152 valence electrons. The molecule has 0 fully saturated rings. The molecule has 0 aliphatic rings. The number of aromatic nitrogens is 3. The van der Waals surface area contributed by atoms with Crippen molar-refractivity contribution in [3.05, 3.63) is 77.1 Å². The van der Waals surface area contributed by atoms with Gasteiger partial charge in [-0.15, -0.1) is 0 Å². The second-order valence-electron chi connectivity index (χ2n) is 7.08. The largest absolute Gasteiger partial charge is 0.461 e. The summed E-state index contributed by atoms with van der Waals surface area (Å²) in [6.45, 7) is 8.08. The molecule has 0 radical (unpaired) electrons. The van der Waals surface area contributed by atoms with Crippen molar-refractivity contribution in [1.82, 2.24) is 14.6 Å². The summed E-state index contributed by atoms with van der Waals surface area (Å²) in [5.41, 5.74) is 5.71. The minimum Gasteiger partial charge on any atom is -0.461 e. The van der Waals surface area contributed by atoms with E-state index in [1.165, 1.54) is 0 Å². The molecule has 6 heteroatoms. The highest BCUT2D eigenvalue weighted by Crippen LogP contribution is 2.35. The van der Waals surface area contributed by atoms with Crippen LogP contribution in [0.5, 0.6) is 11.6 Å². The third kappa shape index (κ3) is 3.52. The Hall–Kier alpha value is -3.67. The van der Waals surface area contributed by atoms with Crippen molar-refractivity contribution in [3.8, 4) is 22.8 Å². The molecule has 0 amide bonds. The van der Waals surface area contributed by atoms with Crippen molar-refractivity contribution in [2.75, 3.05) is 6.61 Å². The Morgan fingerprint density at radius 3 is 2.33 bits per heavy atom. The van der Waals surface area contributed by atoms with E-state index < -0.39 is 5.97 Å². The average Bonchev–Trinajstić information content (AvgIpc) is 3.05. The van der Waals surface area contributed by atoms with Crippen LogP contribution < -0.4 is 4.74 Å². The van der Waals surface area contributed by atoms with Gasteiger partial charge in [0, 0.05) is 6.07 Å². The lowest BCUT2D eigenvalue weighted by Crippen LogP contribution is -2.10. The normalized spacial score (nSPS) is 10.9. The summed E-state index contributed by atoms with van der Waals surface area (Å²) in [6.07, 6.45) is 0. The van der Waals surface area contributed by atoms with Crippen LogP contribution >= 0.6 is 0 Å². The predicted molar refractivity (Wildman–Crippen MR) is 115 cm³/mol. The van der Waals surface area contributed by atoms with Crippen molar-refractivity contribution < 1.29 is 14.3 Å². The Bertz CT molecular complexity index is 1210. The first-order valence-electron chi connectivity index (χ1n) is 9.86. The van der Waals surface area contributed by atoms with Gasteiger partial charge in [-0.25, -0.2) is 9.78 Å². The van der Waals surface area contributed by atoms with Gasteiger partial charge in [0.2, 0.25) is 5.88 Å². The number of esters is 1. The number of carbonyl (C=O) groups is 1. The van der Waals surface area contributed by atoms with E-state index in [0.717, 1.165) is 27.9 Å². The lowest BCUT2D eigenvalue weighted by atomic mass is 9.96. The molecule has 0 bridgehead atoms. The fourth-order valence-electron chi connectivity index (χ4n) is 3.59. The highest BCUT2D eigenvalue weighted by Gasteiger charge is 2.22. The van der Waals surface area contributed by atoms with Gasteiger partial charge in [0.15, 0.2) is 11.3 Å². The van der Waals surface area contributed by atoms with Crippen molar-refractivity contribution in [3.63, 3.8) is 0 Å². The molecule has 2 aromatic heterocycles. The van der Waals surface area contributed by atoms with Crippen molar-refractivity contribution in [2.24, 2.45) is 0 Å². The van der Waals surface area contributed by atoms with Gasteiger partial charge in [0.05, 0.1) is 17.9 Å². The summed E-state index contributed by atoms with van der Waals surface area (Å²) in [4.78, 5) is 17.1. The summed E-state index contributed by atoms with van der Waals surface area (Å²) in [7, 11) is 0. The van der Waals surface area contributed by atoms with Crippen molar-refractivity contribution >= 4 is 11.6 Å². The van der Waals surface area contributed by atoms with Crippen LogP contribution in [-0.2, 0) is 4.74 Å². The molecular formula is C24H23N3O3. The molecule has 0 atom stereocenters. The number of rotatable bonds is 5. The van der Waals surface area contributed by atoms with Crippen molar-refractivity contribution in [2.45, 2.75) is 27.7 Å². The van der Waals surface area contributed by atoms with E-state index in [9.17, 15) is 4.79 Å². The van der Waals surface area contributed by atoms with Crippen LogP contribution in [0, 0.1) is 20.8 Å². The number of carbonyl (C=O) groups excluding carboxylic acids is 1. The van der Waals surface area contributed by atoms with E-state index >= 15 is 0 Å². The number of hydrogen-bond acceptors (Lipinski definition) is 5. The number of benzene rings is 2. The zero-order valence-corrected chi connectivity index (χ0v) is 17.5. The number of nitrogens with zero attached hydrogens (tertiary/aromatic N) is 3. The smallest absolute Gasteiger partial charge is 0.357 e. The highest BCUT2D eigenvalue weighted by atomic mass is 16.5. The molecular weight excluding hydrogens is 378 g/mol. The van der Waals surface area contributed by atoms with Gasteiger partial charge in [-0.1, -0.05) is 36.4 Å². The Kier molecular flexibility index (Phi) is 5.23. The summed E-state index contributed by atoms with van der Waals surface area (Å²) in [5, 5.41) is 4.69. The zero-order chi connectivity index (χ0) is 21.3. The number of para-hydroxylation sites is 1. The van der Waals surface area contributed by atoms with Gasteiger partial charge in [-0.3, -0.25) is 0 Å². The summed E-state index contributed by atoms with van der Waals surface area (Å²) < 4.78 is 12.9. The first-order valence-corrected chi connectivity index (χ1v) is 9.86. The van der Waals surface area contributed by atoms with E-state index in [2.05, 4.69) is 31.0 Å². The SMILES string of the molecule is CCOC(=O)c1cc(Oc2ccccc2)n2nc(C)c(-c3c(C)cccc3C)c2n1. The number of ether oxygens (including phenoxy) is 2. The molecule has 30 heavy (non-hydrogen) atoms. The molecule has 0 aliphatic carbocycles. The fraction of sp³-hybridized carbons (Fsp3) is 0.208. The molecule has 0 N–H and O–H groups in total. The predicted octanol–water partition coefficient (Wildman–Crippen LogP) is 5.29. The van der Waals surface area contributed by atoms with Crippen LogP contribution in [0.3, 0.4) is 0 Å². The van der Waals surface area contributed by atoms with E-state index in [1.807, 2.05) is 43.3 Å². The first kappa shape index (κ1) is 19.6. The molecule has 0 spiro atoms. The van der Waals surface area contributed by atoms with Crippen LogP contribution in [0.15, 0.2) is 54.6 Å². The van der Waals surface area contributed by atoms with Crippen LogP contribution in [0.2, 0.25) is 0 Å². The maximum Gasteiger partial charge on any atom is 0.357 e. The molecule has 6 nitrogen and oxygen atoms in total. The van der Waals surface area contributed by atoms with Gasteiger partial charge >= 0.3 is 5.97 Å². The van der Waals surface area contributed by atoms with Gasteiger partial charge in [0.25, 0.3) is 0 Å². The van der Waals surface area contributed by atoms with Crippen LogP contribution in [-0.4, -0.2) is 27.2 Å². The molecule has 2 heterocycles. The van der Waals surface area contributed by atoms with Crippen LogP contribution in [0.4, 0.5) is 0 Å². The third-order valence-corrected chi connectivity index (χ3v) is 4.91. The summed E-state index contributed by atoms with van der Waals surface area (Å²) in [6, 6.07) is 17.1. The standard InChI is InChI=1S/C24H23N3O3/c1-5-29-24(28)19-14-20(30-18-12-7-6-8-13-18)27-23(25-19)22(17(4)26-27)21-15(2)10-9-11-16(21)3/h6-14H,5H2,1-4H3. The van der Waals surface area contributed by atoms with Gasteiger partial charge < -0.3 is 9.47 Å². The van der Waals surface area contributed by atoms with E-state index in [4.69, 9.17) is 14.6 Å². The van der Waals surface area contributed by atoms with Crippen molar-refractivity contribution in [1.29, 1.82) is 0 Å². The molecule has 2 aromatic carbocycles. The lowest BCUT2D eigenvalue weighted by molar-refractivity contribution is 0.0519. The average molecular weight is 401 g/mol. The van der Waals surface area contributed by atoms with Gasteiger partial charge in [-0.2, -0.15) is 9.61 Å². The molecule has 0 saturated carbocycles. The Morgan fingerprint density at radius 2 is 1.67 bits per heavy atom. The third-order valence-electron chi connectivity index (χ3n) is 4.91. The van der Waals surface area contributed by atoms with E-state index in [-0.39, 0.29) is 12.3 Å². The minimum atomic E-state index is -0.496. The fourth-order valence-corrected chi connectivity index (χ4v) is 3.59. The second kappa shape index (κ2) is 7.99. The molecule has 4 aromatic rings. The number of aryl methyl sites for hydroxylation is 3. The maximum absolute atomic E-state index is 12.5. The van der Waals surface area contributed by atoms with Gasteiger partial charge in [-0.05, 0) is 56.5 Å². The van der Waals surface area contributed by atoms with Crippen LogP contribution in [0.25, 0.3) is 16.8 Å². The first-order chi connectivity index (χ1) is 14.5. The Morgan fingerprint density at radius 1 is 0.967 bits per heavy atom. The monoisotopic (exact) mass is 401 g/mol. The quantitative estimate of drug-likeness (QED) is 0.425. The Labute approximate surface area is 175 Å². The number of hydrogen-bond donors (Lipinski definition) is 0. The zero-order valence-electron chi connectivity index (χ0n) is 17.5. The summed E-state index contributed by atoms with van der Waals surface area (Å²) in [5.74, 6) is 0.542. The minimum absolute atomic E-state index is 0.183. The summed E-state index contributed by atoms with van der Waals surface area (Å²) >= 11 is 0. The maximum atomic E-state index is 12.5. The molecule has 0 saturated heterocycles. The molecule has 4 rings (SSSR count). The Balaban J connectivity index is 1.99. The number of fused-ring (bicyclic) bond motifs is 1.